The SMILES string of the molecule is CCCCC(C)(C)C(/C=C/[C@H]1[C@H](OC2CCCCO2)CC(=O)[C@@H]1CCCCCCCO)OC1CCCCO1. The minimum absolute atomic E-state index is 0.0111. The Balaban J connectivity index is 1.73. The van der Waals surface area contributed by atoms with Crippen molar-refractivity contribution in [2.75, 3.05) is 19.8 Å². The molecule has 3 aliphatic rings. The molecule has 6 heteroatoms. The number of ether oxygens (including phenoxy) is 4. The molecule has 0 bridgehead atoms. The third-order valence-corrected chi connectivity index (χ3v) is 8.74. The van der Waals surface area contributed by atoms with Crippen LogP contribution < -0.4 is 0 Å². The predicted octanol–water partition coefficient (Wildman–Crippen LogP) is 7.12. The zero-order valence-corrected chi connectivity index (χ0v) is 24.5. The van der Waals surface area contributed by atoms with E-state index in [9.17, 15) is 4.79 Å². The molecule has 0 aromatic carbocycles. The second-order valence-electron chi connectivity index (χ2n) is 12.4. The van der Waals surface area contributed by atoms with Crippen LogP contribution in [0.4, 0.5) is 0 Å². The molecule has 6 nitrogen and oxygen atoms in total. The van der Waals surface area contributed by atoms with E-state index < -0.39 is 0 Å². The number of aliphatic hydroxyl groups is 1. The Bertz CT molecular complexity index is 679. The number of aliphatic hydroxyl groups excluding tert-OH is 1. The number of hydrogen-bond acceptors (Lipinski definition) is 6. The Hall–Kier alpha value is -0.790. The molecule has 38 heavy (non-hydrogen) atoms. The van der Waals surface area contributed by atoms with E-state index in [-0.39, 0.29) is 48.6 Å². The lowest BCUT2D eigenvalue weighted by molar-refractivity contribution is -0.198. The minimum atomic E-state index is -0.196. The Morgan fingerprint density at radius 3 is 2.32 bits per heavy atom. The summed E-state index contributed by atoms with van der Waals surface area (Å²) in [5.41, 5.74) is -0.0268. The maximum Gasteiger partial charge on any atom is 0.158 e. The molecule has 0 aromatic heterocycles. The van der Waals surface area contributed by atoms with Gasteiger partial charge in [-0.1, -0.05) is 71.4 Å². The minimum Gasteiger partial charge on any atom is -0.396 e. The maximum atomic E-state index is 13.3. The van der Waals surface area contributed by atoms with E-state index >= 15 is 0 Å². The van der Waals surface area contributed by atoms with Gasteiger partial charge in [0.1, 0.15) is 5.78 Å². The van der Waals surface area contributed by atoms with Crippen LogP contribution in [0.25, 0.3) is 0 Å². The summed E-state index contributed by atoms with van der Waals surface area (Å²) < 4.78 is 25.0. The molecule has 0 amide bonds. The van der Waals surface area contributed by atoms with Gasteiger partial charge in [0.25, 0.3) is 0 Å². The van der Waals surface area contributed by atoms with Gasteiger partial charge in [0.2, 0.25) is 0 Å². The molecular weight excluding hydrogens is 480 g/mol. The lowest BCUT2D eigenvalue weighted by Gasteiger charge is -2.36. The summed E-state index contributed by atoms with van der Waals surface area (Å²) in [5, 5.41) is 9.05. The van der Waals surface area contributed by atoms with Crippen molar-refractivity contribution in [3.63, 3.8) is 0 Å². The highest BCUT2D eigenvalue weighted by molar-refractivity contribution is 5.84. The third-order valence-electron chi connectivity index (χ3n) is 8.74. The standard InChI is InChI=1S/C32H56O6/c1-4-5-20-32(2,3)29(38-31-17-11-14-23-36-31)19-18-26-25(15-9-7-6-8-12-21-33)27(34)24-28(26)37-30-16-10-13-22-35-30/h18-19,25-26,28-31,33H,4-17,20-24H2,1-3H3/b19-18+/t25-,26-,28-,29?,30?,31?/m1/s1. The summed E-state index contributed by atoms with van der Waals surface area (Å²) in [6.45, 7) is 8.61. The summed E-state index contributed by atoms with van der Waals surface area (Å²) in [6.07, 6.45) is 20.2. The first-order valence-electron chi connectivity index (χ1n) is 15.8. The van der Waals surface area contributed by atoms with Gasteiger partial charge < -0.3 is 24.1 Å². The number of carbonyl (C=O) groups is 1. The largest absolute Gasteiger partial charge is 0.396 e. The molecule has 3 fully saturated rings. The molecule has 0 radical (unpaired) electrons. The van der Waals surface area contributed by atoms with Crippen molar-refractivity contribution in [3.05, 3.63) is 12.2 Å². The van der Waals surface area contributed by atoms with Gasteiger partial charge in [0.15, 0.2) is 12.6 Å². The zero-order chi connectivity index (χ0) is 27.2. The van der Waals surface area contributed by atoms with E-state index in [1.54, 1.807) is 0 Å². The highest BCUT2D eigenvalue weighted by Crippen LogP contribution is 2.39. The van der Waals surface area contributed by atoms with Gasteiger partial charge in [-0.3, -0.25) is 4.79 Å². The van der Waals surface area contributed by atoms with Gasteiger partial charge in [0.05, 0.1) is 12.2 Å². The van der Waals surface area contributed by atoms with Crippen LogP contribution in [0, 0.1) is 17.3 Å². The Morgan fingerprint density at radius 1 is 0.974 bits per heavy atom. The first kappa shape index (κ1) is 31.7. The van der Waals surface area contributed by atoms with Gasteiger partial charge in [0, 0.05) is 38.1 Å². The van der Waals surface area contributed by atoms with Crippen molar-refractivity contribution in [2.24, 2.45) is 17.3 Å². The van der Waals surface area contributed by atoms with Crippen LogP contribution in [0.2, 0.25) is 0 Å². The topological polar surface area (TPSA) is 74.2 Å². The van der Waals surface area contributed by atoms with Gasteiger partial charge >= 0.3 is 0 Å². The van der Waals surface area contributed by atoms with Crippen molar-refractivity contribution in [3.8, 4) is 0 Å². The van der Waals surface area contributed by atoms with Crippen LogP contribution in [0.15, 0.2) is 12.2 Å². The first-order chi connectivity index (χ1) is 18.4. The molecule has 1 aliphatic carbocycles. The fourth-order valence-electron chi connectivity index (χ4n) is 6.21. The zero-order valence-electron chi connectivity index (χ0n) is 24.5. The lowest BCUT2D eigenvalue weighted by Crippen LogP contribution is -2.37. The van der Waals surface area contributed by atoms with Crippen molar-refractivity contribution < 1.29 is 28.8 Å². The number of unbranched alkanes of at least 4 members (excludes halogenated alkanes) is 5. The maximum absolute atomic E-state index is 13.3. The second-order valence-corrected chi connectivity index (χ2v) is 12.4. The molecule has 1 N–H and O–H groups in total. The monoisotopic (exact) mass is 536 g/mol. The lowest BCUT2D eigenvalue weighted by atomic mass is 9.80. The van der Waals surface area contributed by atoms with E-state index in [1.165, 1.54) is 0 Å². The van der Waals surface area contributed by atoms with Crippen LogP contribution in [-0.4, -0.2) is 55.5 Å². The van der Waals surface area contributed by atoms with Crippen molar-refractivity contribution >= 4 is 5.78 Å². The van der Waals surface area contributed by atoms with Crippen molar-refractivity contribution in [2.45, 2.75) is 148 Å². The predicted molar refractivity (Wildman–Crippen MR) is 151 cm³/mol. The van der Waals surface area contributed by atoms with Crippen LogP contribution in [0.3, 0.4) is 0 Å². The molecule has 6 atom stereocenters. The van der Waals surface area contributed by atoms with Crippen LogP contribution in [-0.2, 0) is 23.7 Å². The molecule has 0 spiro atoms. The van der Waals surface area contributed by atoms with Gasteiger partial charge in [-0.05, 0) is 63.2 Å². The number of carbonyl (C=O) groups excluding carboxylic acids is 1. The van der Waals surface area contributed by atoms with Crippen LogP contribution >= 0.6 is 0 Å². The van der Waals surface area contributed by atoms with E-state index in [1.807, 2.05) is 0 Å². The number of rotatable bonds is 17. The molecule has 3 rings (SSSR count). The van der Waals surface area contributed by atoms with E-state index in [2.05, 4.69) is 32.9 Å². The molecular formula is C32H56O6. The van der Waals surface area contributed by atoms with E-state index in [0.717, 1.165) is 110 Å². The quantitative estimate of drug-likeness (QED) is 0.158. The molecule has 2 heterocycles. The van der Waals surface area contributed by atoms with Gasteiger partial charge in [-0.2, -0.15) is 0 Å². The molecule has 3 unspecified atom stereocenters. The number of hydrogen-bond donors (Lipinski definition) is 1. The normalized spacial score (nSPS) is 29.8. The molecule has 2 saturated heterocycles. The van der Waals surface area contributed by atoms with E-state index in [4.69, 9.17) is 24.1 Å². The Kier molecular flexibility index (Phi) is 14.3. The average Bonchev–Trinajstić information content (AvgIpc) is 3.21. The summed E-state index contributed by atoms with van der Waals surface area (Å²) in [5.74, 6) is 0.364. The van der Waals surface area contributed by atoms with Crippen molar-refractivity contribution in [1.29, 1.82) is 0 Å². The fourth-order valence-corrected chi connectivity index (χ4v) is 6.21. The number of Topliss-reactive ketones (excluding diaryl/α,β-unsaturated/α-hetero) is 1. The van der Waals surface area contributed by atoms with Gasteiger partial charge in [-0.15, -0.1) is 0 Å². The van der Waals surface area contributed by atoms with Crippen LogP contribution in [0.1, 0.15) is 124 Å². The van der Waals surface area contributed by atoms with Crippen LogP contribution in [0.5, 0.6) is 0 Å². The highest BCUT2D eigenvalue weighted by Gasteiger charge is 2.43. The average molecular weight is 537 g/mol. The van der Waals surface area contributed by atoms with E-state index in [0.29, 0.717) is 12.2 Å². The molecule has 0 aromatic rings. The first-order valence-corrected chi connectivity index (χ1v) is 15.8. The summed E-state index contributed by atoms with van der Waals surface area (Å²) in [7, 11) is 0. The molecule has 220 valence electrons. The summed E-state index contributed by atoms with van der Waals surface area (Å²) in [6, 6.07) is 0. The van der Waals surface area contributed by atoms with Gasteiger partial charge in [-0.25, -0.2) is 0 Å². The molecule has 1 saturated carbocycles. The fraction of sp³-hybridized carbons (Fsp3) is 0.906. The Morgan fingerprint density at radius 2 is 1.66 bits per heavy atom. The third kappa shape index (κ3) is 10.3. The summed E-state index contributed by atoms with van der Waals surface area (Å²) in [4.78, 5) is 13.3. The van der Waals surface area contributed by atoms with Crippen molar-refractivity contribution in [1.82, 2.24) is 0 Å². The Labute approximate surface area is 232 Å². The highest BCUT2D eigenvalue weighted by atomic mass is 16.7. The smallest absolute Gasteiger partial charge is 0.158 e. The second kappa shape index (κ2) is 17.1. The number of ketones is 1. The summed E-state index contributed by atoms with van der Waals surface area (Å²) >= 11 is 0. The molecule has 2 aliphatic heterocycles.